The van der Waals surface area contributed by atoms with Gasteiger partial charge in [0.15, 0.2) is 22.4 Å². The number of rotatable bonds is 7. The molecule has 150 valence electrons. The van der Waals surface area contributed by atoms with Gasteiger partial charge < -0.3 is 14.6 Å². The van der Waals surface area contributed by atoms with Crippen molar-refractivity contribution in [3.05, 3.63) is 58.0 Å². The first-order valence-electron chi connectivity index (χ1n) is 8.54. The Morgan fingerprint density at radius 2 is 2.00 bits per heavy atom. The lowest BCUT2D eigenvalue weighted by Gasteiger charge is -2.15. The monoisotopic (exact) mass is 449 g/mol. The Balaban J connectivity index is 1.89. The maximum absolute atomic E-state index is 12.9. The Labute approximate surface area is 182 Å². The lowest BCUT2D eigenvalue weighted by molar-refractivity contribution is -0.139. The summed E-state index contributed by atoms with van der Waals surface area (Å²) in [5, 5.41) is 9.22. The maximum Gasteiger partial charge on any atom is 0.341 e. The first kappa shape index (κ1) is 21.2. The molecule has 3 rings (SSSR count). The van der Waals surface area contributed by atoms with Crippen LogP contribution in [-0.2, 0) is 9.59 Å². The van der Waals surface area contributed by atoms with Gasteiger partial charge in [-0.3, -0.25) is 9.69 Å². The first-order valence-corrected chi connectivity index (χ1v) is 10.1. The lowest BCUT2D eigenvalue weighted by atomic mass is 10.1. The molecule has 0 bridgehead atoms. The number of ether oxygens (including phenoxy) is 2. The zero-order valence-corrected chi connectivity index (χ0v) is 17.6. The van der Waals surface area contributed by atoms with Crippen LogP contribution in [0.15, 0.2) is 47.4 Å². The molecule has 0 spiro atoms. The molecule has 6 nitrogen and oxygen atoms in total. The number of halogens is 1. The molecule has 1 heterocycles. The number of carbonyl (C=O) groups is 2. The van der Waals surface area contributed by atoms with Crippen molar-refractivity contribution < 1.29 is 24.2 Å². The Kier molecular flexibility index (Phi) is 6.79. The van der Waals surface area contributed by atoms with E-state index in [2.05, 4.69) is 0 Å². The fraction of sp³-hybridized carbons (Fsp3) is 0.150. The summed E-state index contributed by atoms with van der Waals surface area (Å²) in [6.45, 7) is 1.71. The van der Waals surface area contributed by atoms with E-state index in [0.717, 1.165) is 0 Å². The molecular formula is C20H16ClNO5S2. The molecule has 2 aromatic carbocycles. The summed E-state index contributed by atoms with van der Waals surface area (Å²) in [4.78, 5) is 25.5. The van der Waals surface area contributed by atoms with E-state index in [1.165, 1.54) is 16.7 Å². The first-order chi connectivity index (χ1) is 13.9. The van der Waals surface area contributed by atoms with Gasteiger partial charge in [0.05, 0.1) is 22.2 Å². The van der Waals surface area contributed by atoms with Crippen LogP contribution < -0.4 is 14.4 Å². The number of para-hydroxylation sites is 1. The number of amides is 1. The summed E-state index contributed by atoms with van der Waals surface area (Å²) >= 11 is 12.8. The Morgan fingerprint density at radius 3 is 2.69 bits per heavy atom. The van der Waals surface area contributed by atoms with Crippen LogP contribution in [0.1, 0.15) is 12.5 Å². The van der Waals surface area contributed by atoms with Crippen molar-refractivity contribution in [3.63, 3.8) is 0 Å². The van der Waals surface area contributed by atoms with Gasteiger partial charge in [0.2, 0.25) is 0 Å². The molecule has 1 fully saturated rings. The topological polar surface area (TPSA) is 76.1 Å². The largest absolute Gasteiger partial charge is 0.490 e. The number of aliphatic carboxylic acids is 1. The molecular weight excluding hydrogens is 434 g/mol. The van der Waals surface area contributed by atoms with E-state index in [0.29, 0.717) is 43.6 Å². The maximum atomic E-state index is 12.9. The average molecular weight is 450 g/mol. The number of carbonyl (C=O) groups excluding carboxylic acids is 1. The minimum Gasteiger partial charge on any atom is -0.490 e. The summed E-state index contributed by atoms with van der Waals surface area (Å²) < 4.78 is 11.2. The molecule has 1 saturated heterocycles. The van der Waals surface area contributed by atoms with Gasteiger partial charge in [-0.05, 0) is 42.8 Å². The minimum atomic E-state index is -1.08. The molecule has 1 amide bonds. The van der Waals surface area contributed by atoms with Crippen molar-refractivity contribution in [2.45, 2.75) is 6.92 Å². The number of hydrogen-bond acceptors (Lipinski definition) is 6. The summed E-state index contributed by atoms with van der Waals surface area (Å²) in [6.07, 6.45) is 1.69. The number of benzene rings is 2. The predicted molar refractivity (Wildman–Crippen MR) is 118 cm³/mol. The molecule has 1 aliphatic heterocycles. The highest BCUT2D eigenvalue weighted by atomic mass is 35.5. The zero-order chi connectivity index (χ0) is 21.0. The van der Waals surface area contributed by atoms with Gasteiger partial charge >= 0.3 is 5.97 Å². The normalized spacial score (nSPS) is 15.1. The lowest BCUT2D eigenvalue weighted by Crippen LogP contribution is -2.27. The SMILES string of the molecule is CCOc1cc(/C=C2/SC(=S)N(c3ccccc3Cl)C2=O)ccc1OCC(=O)O. The van der Waals surface area contributed by atoms with Gasteiger partial charge in [-0.25, -0.2) is 4.79 Å². The number of thiocarbonyl (C=S) groups is 1. The highest BCUT2D eigenvalue weighted by molar-refractivity contribution is 8.27. The molecule has 1 N–H and O–H groups in total. The fourth-order valence-corrected chi connectivity index (χ4v) is 4.11. The third kappa shape index (κ3) is 4.90. The van der Waals surface area contributed by atoms with Crippen LogP contribution in [0.4, 0.5) is 5.69 Å². The van der Waals surface area contributed by atoms with Crippen LogP contribution in [0.3, 0.4) is 0 Å². The third-order valence-electron chi connectivity index (χ3n) is 3.80. The number of anilines is 1. The van der Waals surface area contributed by atoms with Crippen LogP contribution in [0.25, 0.3) is 6.08 Å². The summed E-state index contributed by atoms with van der Waals surface area (Å²) in [5.74, 6) is -0.642. The molecule has 0 aromatic heterocycles. The van der Waals surface area contributed by atoms with E-state index < -0.39 is 12.6 Å². The summed E-state index contributed by atoms with van der Waals surface area (Å²) in [5.41, 5.74) is 1.23. The van der Waals surface area contributed by atoms with Crippen molar-refractivity contribution >= 4 is 63.5 Å². The number of carboxylic acids is 1. The molecule has 29 heavy (non-hydrogen) atoms. The van der Waals surface area contributed by atoms with Gasteiger partial charge in [0.1, 0.15) is 0 Å². The smallest absolute Gasteiger partial charge is 0.341 e. The van der Waals surface area contributed by atoms with E-state index in [1.807, 2.05) is 6.92 Å². The predicted octanol–water partition coefficient (Wildman–Crippen LogP) is 4.61. The van der Waals surface area contributed by atoms with Gasteiger partial charge in [-0.2, -0.15) is 0 Å². The van der Waals surface area contributed by atoms with Crippen LogP contribution in [0.2, 0.25) is 5.02 Å². The van der Waals surface area contributed by atoms with Gasteiger partial charge in [0, 0.05) is 0 Å². The summed E-state index contributed by atoms with van der Waals surface area (Å²) in [7, 11) is 0. The second kappa shape index (κ2) is 9.30. The van der Waals surface area contributed by atoms with E-state index >= 15 is 0 Å². The second-order valence-electron chi connectivity index (χ2n) is 5.79. The number of carboxylic acid groups (broad SMARTS) is 1. The van der Waals surface area contributed by atoms with Crippen LogP contribution in [0, 0.1) is 0 Å². The molecule has 1 aliphatic rings. The zero-order valence-electron chi connectivity index (χ0n) is 15.3. The molecule has 0 radical (unpaired) electrons. The van der Waals surface area contributed by atoms with Crippen molar-refractivity contribution in [1.82, 2.24) is 0 Å². The van der Waals surface area contributed by atoms with Gasteiger partial charge in [-0.15, -0.1) is 0 Å². The average Bonchev–Trinajstić information content (AvgIpc) is 2.95. The van der Waals surface area contributed by atoms with E-state index in [4.69, 9.17) is 38.4 Å². The summed E-state index contributed by atoms with van der Waals surface area (Å²) in [6, 6.07) is 12.0. The van der Waals surface area contributed by atoms with E-state index in [-0.39, 0.29) is 5.91 Å². The molecule has 0 unspecified atom stereocenters. The Morgan fingerprint density at radius 1 is 1.24 bits per heavy atom. The molecule has 0 atom stereocenters. The molecule has 0 aliphatic carbocycles. The Bertz CT molecular complexity index is 1010. The van der Waals surface area contributed by atoms with E-state index in [9.17, 15) is 9.59 Å². The van der Waals surface area contributed by atoms with Crippen molar-refractivity contribution in [3.8, 4) is 11.5 Å². The minimum absolute atomic E-state index is 0.266. The van der Waals surface area contributed by atoms with Gasteiger partial charge in [0.25, 0.3) is 5.91 Å². The highest BCUT2D eigenvalue weighted by Crippen LogP contribution is 2.39. The van der Waals surface area contributed by atoms with E-state index in [1.54, 1.807) is 48.5 Å². The highest BCUT2D eigenvalue weighted by Gasteiger charge is 2.34. The van der Waals surface area contributed by atoms with Crippen LogP contribution in [0.5, 0.6) is 11.5 Å². The second-order valence-corrected chi connectivity index (χ2v) is 7.87. The van der Waals surface area contributed by atoms with Gasteiger partial charge in [-0.1, -0.05) is 53.8 Å². The molecule has 2 aromatic rings. The van der Waals surface area contributed by atoms with Crippen LogP contribution in [-0.4, -0.2) is 34.5 Å². The van der Waals surface area contributed by atoms with Crippen molar-refractivity contribution in [2.24, 2.45) is 0 Å². The third-order valence-corrected chi connectivity index (χ3v) is 5.43. The van der Waals surface area contributed by atoms with Crippen LogP contribution >= 0.6 is 35.6 Å². The molecule has 0 saturated carbocycles. The standard InChI is InChI=1S/C20H16ClNO5S2/c1-2-26-16-9-12(7-8-15(16)27-11-18(23)24)10-17-19(25)22(20(28)29-17)14-6-4-3-5-13(14)21/h3-10H,2,11H2,1H3,(H,23,24)/b17-10+. The van der Waals surface area contributed by atoms with Crippen molar-refractivity contribution in [2.75, 3.05) is 18.1 Å². The fourth-order valence-electron chi connectivity index (χ4n) is 2.60. The molecule has 9 heteroatoms. The number of thioether (sulfide) groups is 1. The Hall–Kier alpha value is -2.55. The number of hydrogen-bond donors (Lipinski definition) is 1. The van der Waals surface area contributed by atoms with Crippen molar-refractivity contribution in [1.29, 1.82) is 0 Å². The quantitative estimate of drug-likeness (QED) is 0.488. The number of nitrogens with zero attached hydrogens (tertiary/aromatic N) is 1.